The van der Waals surface area contributed by atoms with E-state index in [2.05, 4.69) is 29.6 Å². The monoisotopic (exact) mass is 529 g/mol. The smallest absolute Gasteiger partial charge is 0.322 e. The van der Waals surface area contributed by atoms with Crippen LogP contribution in [0.2, 0.25) is 0 Å². The van der Waals surface area contributed by atoms with Gasteiger partial charge in [-0.05, 0) is 55.4 Å². The Morgan fingerprint density at radius 2 is 1.62 bits per heavy atom. The molecule has 0 bridgehead atoms. The Morgan fingerprint density at radius 1 is 0.949 bits per heavy atom. The Hall–Kier alpha value is -4.00. The zero-order valence-electron chi connectivity index (χ0n) is 23.1. The Labute approximate surface area is 231 Å². The lowest BCUT2D eigenvalue weighted by Gasteiger charge is -2.34. The Balaban J connectivity index is 1.39. The van der Waals surface area contributed by atoms with Gasteiger partial charge in [0, 0.05) is 32.1 Å². The van der Waals surface area contributed by atoms with Crippen LogP contribution in [-0.4, -0.2) is 55.6 Å². The lowest BCUT2D eigenvalue weighted by atomic mass is 9.90. The summed E-state index contributed by atoms with van der Waals surface area (Å²) in [5.41, 5.74) is 2.90. The highest BCUT2D eigenvalue weighted by molar-refractivity contribution is 5.91. The SMILES string of the molecule is COc1ccc(NC(=O)N(CCC(=O)N2CCC(Cc3ccccc3)CC2)C(C)c2ccccc2)c(OC)c1. The highest BCUT2D eigenvalue weighted by Crippen LogP contribution is 2.30. The van der Waals surface area contributed by atoms with Crippen molar-refractivity contribution in [2.75, 3.05) is 39.2 Å². The van der Waals surface area contributed by atoms with Crippen LogP contribution in [-0.2, 0) is 11.2 Å². The van der Waals surface area contributed by atoms with Crippen LogP contribution in [0.15, 0.2) is 78.9 Å². The van der Waals surface area contributed by atoms with E-state index in [0.29, 0.717) is 29.6 Å². The molecule has 0 aromatic heterocycles. The number of piperidine rings is 1. The standard InChI is InChI=1S/C32H39N3O4/c1-24(27-12-8-5-9-13-27)35(32(37)33-29-15-14-28(38-2)23-30(29)39-3)21-18-31(36)34-19-16-26(17-20-34)22-25-10-6-4-7-11-25/h4-15,23-24,26H,16-22H2,1-3H3,(H,33,37). The molecule has 39 heavy (non-hydrogen) atoms. The van der Waals surface area contributed by atoms with E-state index in [9.17, 15) is 9.59 Å². The number of benzene rings is 3. The highest BCUT2D eigenvalue weighted by atomic mass is 16.5. The number of carbonyl (C=O) groups excluding carboxylic acids is 2. The molecule has 0 aliphatic carbocycles. The third kappa shape index (κ3) is 7.53. The molecule has 1 fully saturated rings. The molecule has 7 heteroatoms. The summed E-state index contributed by atoms with van der Waals surface area (Å²) < 4.78 is 10.7. The van der Waals surface area contributed by atoms with E-state index in [1.807, 2.05) is 48.2 Å². The first-order valence-electron chi connectivity index (χ1n) is 13.6. The molecule has 3 aromatic carbocycles. The summed E-state index contributed by atoms with van der Waals surface area (Å²) in [7, 11) is 3.13. The van der Waals surface area contributed by atoms with Gasteiger partial charge in [-0.15, -0.1) is 0 Å². The normalized spacial score (nSPS) is 14.4. The number of methoxy groups -OCH3 is 2. The fraction of sp³-hybridized carbons (Fsp3) is 0.375. The van der Waals surface area contributed by atoms with Crippen LogP contribution < -0.4 is 14.8 Å². The first-order valence-corrected chi connectivity index (χ1v) is 13.6. The minimum absolute atomic E-state index is 0.0910. The third-order valence-electron chi connectivity index (χ3n) is 7.56. The van der Waals surface area contributed by atoms with Crippen LogP contribution in [0.4, 0.5) is 10.5 Å². The third-order valence-corrected chi connectivity index (χ3v) is 7.56. The predicted octanol–water partition coefficient (Wildman–Crippen LogP) is 6.17. The minimum atomic E-state index is -0.288. The molecule has 4 rings (SSSR count). The quantitative estimate of drug-likeness (QED) is 0.341. The molecule has 0 spiro atoms. The lowest BCUT2D eigenvalue weighted by molar-refractivity contribution is -0.132. The van der Waals surface area contributed by atoms with Crippen molar-refractivity contribution in [3.05, 3.63) is 90.0 Å². The summed E-state index contributed by atoms with van der Waals surface area (Å²) in [6.45, 7) is 3.82. The molecule has 1 atom stereocenters. The molecular formula is C32H39N3O4. The average Bonchev–Trinajstić information content (AvgIpc) is 2.98. The van der Waals surface area contributed by atoms with Crippen molar-refractivity contribution >= 4 is 17.6 Å². The molecule has 1 saturated heterocycles. The van der Waals surface area contributed by atoms with E-state index >= 15 is 0 Å². The van der Waals surface area contributed by atoms with Gasteiger partial charge in [0.25, 0.3) is 0 Å². The molecule has 1 N–H and O–H groups in total. The topological polar surface area (TPSA) is 71.1 Å². The fourth-order valence-corrected chi connectivity index (χ4v) is 5.18. The van der Waals surface area contributed by atoms with Gasteiger partial charge in [-0.1, -0.05) is 60.7 Å². The predicted molar refractivity (Wildman–Crippen MR) is 154 cm³/mol. The molecule has 3 aromatic rings. The molecule has 0 radical (unpaired) electrons. The van der Waals surface area contributed by atoms with Gasteiger partial charge >= 0.3 is 6.03 Å². The van der Waals surface area contributed by atoms with Crippen molar-refractivity contribution in [2.24, 2.45) is 5.92 Å². The number of carbonyl (C=O) groups is 2. The van der Waals surface area contributed by atoms with Crippen LogP contribution in [0.1, 0.15) is 43.4 Å². The Bertz CT molecular complexity index is 1210. The molecule has 0 saturated carbocycles. The summed E-state index contributed by atoms with van der Waals surface area (Å²) in [5, 5.41) is 2.98. The number of anilines is 1. The molecule has 1 aliphatic rings. The molecule has 1 aliphatic heterocycles. The van der Waals surface area contributed by atoms with Crippen LogP contribution in [0.5, 0.6) is 11.5 Å². The van der Waals surface area contributed by atoms with Gasteiger partial charge < -0.3 is 24.6 Å². The first kappa shape index (κ1) is 28.0. The second-order valence-electron chi connectivity index (χ2n) is 10.0. The molecule has 1 unspecified atom stereocenters. The van der Waals surface area contributed by atoms with Crippen molar-refractivity contribution in [1.29, 1.82) is 0 Å². The summed E-state index contributed by atoms with van der Waals surface area (Å²) in [6, 6.07) is 25.2. The van der Waals surface area contributed by atoms with Crippen LogP contribution in [0.25, 0.3) is 0 Å². The molecule has 7 nitrogen and oxygen atoms in total. The second-order valence-corrected chi connectivity index (χ2v) is 10.0. The fourth-order valence-electron chi connectivity index (χ4n) is 5.18. The number of urea groups is 1. The van der Waals surface area contributed by atoms with Crippen LogP contribution >= 0.6 is 0 Å². The first-order chi connectivity index (χ1) is 19.0. The number of ether oxygens (including phenoxy) is 2. The molecule has 1 heterocycles. The van der Waals surface area contributed by atoms with Gasteiger partial charge in [-0.2, -0.15) is 0 Å². The van der Waals surface area contributed by atoms with E-state index in [1.165, 1.54) is 5.56 Å². The number of amides is 3. The van der Waals surface area contributed by atoms with Crippen molar-refractivity contribution in [2.45, 2.75) is 38.6 Å². The number of nitrogens with zero attached hydrogens (tertiary/aromatic N) is 2. The van der Waals surface area contributed by atoms with Crippen molar-refractivity contribution in [1.82, 2.24) is 9.80 Å². The molecule has 206 valence electrons. The summed E-state index contributed by atoms with van der Waals surface area (Å²) in [4.78, 5) is 30.4. The minimum Gasteiger partial charge on any atom is -0.497 e. The van der Waals surface area contributed by atoms with Gasteiger partial charge in [0.15, 0.2) is 0 Å². The largest absolute Gasteiger partial charge is 0.497 e. The van der Waals surface area contributed by atoms with Gasteiger partial charge in [-0.25, -0.2) is 4.79 Å². The second kappa shape index (κ2) is 13.7. The average molecular weight is 530 g/mol. The maximum Gasteiger partial charge on any atom is 0.322 e. The van der Waals surface area contributed by atoms with E-state index in [1.54, 1.807) is 37.3 Å². The van der Waals surface area contributed by atoms with Crippen molar-refractivity contribution in [3.8, 4) is 11.5 Å². The highest BCUT2D eigenvalue weighted by Gasteiger charge is 2.27. The van der Waals surface area contributed by atoms with E-state index in [-0.39, 0.29) is 24.4 Å². The van der Waals surface area contributed by atoms with E-state index < -0.39 is 0 Å². The lowest BCUT2D eigenvalue weighted by Crippen LogP contribution is -2.42. The Kier molecular flexibility index (Phi) is 9.84. The van der Waals surface area contributed by atoms with Gasteiger partial charge in [-0.3, -0.25) is 4.79 Å². The number of hydrogen-bond acceptors (Lipinski definition) is 4. The maximum atomic E-state index is 13.6. The molecule has 3 amide bonds. The Morgan fingerprint density at radius 3 is 2.26 bits per heavy atom. The van der Waals surface area contributed by atoms with Crippen molar-refractivity contribution < 1.29 is 19.1 Å². The van der Waals surface area contributed by atoms with Crippen LogP contribution in [0.3, 0.4) is 0 Å². The van der Waals surface area contributed by atoms with Gasteiger partial charge in [0.2, 0.25) is 5.91 Å². The summed E-state index contributed by atoms with van der Waals surface area (Å²) in [5.74, 6) is 1.83. The number of rotatable bonds is 10. The number of likely N-dealkylation sites (tertiary alicyclic amines) is 1. The zero-order valence-corrected chi connectivity index (χ0v) is 23.1. The van der Waals surface area contributed by atoms with E-state index in [4.69, 9.17) is 9.47 Å². The summed E-state index contributed by atoms with van der Waals surface area (Å²) >= 11 is 0. The van der Waals surface area contributed by atoms with Gasteiger partial charge in [0.05, 0.1) is 25.9 Å². The summed E-state index contributed by atoms with van der Waals surface area (Å²) in [6.07, 6.45) is 3.33. The van der Waals surface area contributed by atoms with Crippen LogP contribution in [0, 0.1) is 5.92 Å². The van der Waals surface area contributed by atoms with Crippen molar-refractivity contribution in [3.63, 3.8) is 0 Å². The van der Waals surface area contributed by atoms with E-state index in [0.717, 1.165) is 37.9 Å². The maximum absolute atomic E-state index is 13.6. The number of nitrogens with one attached hydrogen (secondary N) is 1. The zero-order chi connectivity index (χ0) is 27.6. The number of hydrogen-bond donors (Lipinski definition) is 1. The van der Waals surface area contributed by atoms with Gasteiger partial charge in [0.1, 0.15) is 11.5 Å². The molecular weight excluding hydrogens is 490 g/mol.